The largest absolute Gasteiger partial charge is 0.326 e. The van der Waals surface area contributed by atoms with Gasteiger partial charge in [0.05, 0.1) is 0 Å². The van der Waals surface area contributed by atoms with Gasteiger partial charge in [0, 0.05) is 16.6 Å². The summed E-state index contributed by atoms with van der Waals surface area (Å²) in [7, 11) is 0. The number of benzene rings is 1. The summed E-state index contributed by atoms with van der Waals surface area (Å²) in [5.74, 6) is 2.17. The van der Waals surface area contributed by atoms with E-state index in [0.717, 1.165) is 31.4 Å². The van der Waals surface area contributed by atoms with Crippen LogP contribution in [0.1, 0.15) is 25.7 Å². The van der Waals surface area contributed by atoms with Crippen LogP contribution in [0.15, 0.2) is 24.3 Å². The molecule has 0 saturated heterocycles. The standard InChI is InChI=1S/C17H18Cl3NO/c18-9-2-1-3-10(8-9)21-16(22)15-11-4-6-13-14(17(13,19)20)7-5-12(11)15/h1-3,8,11-15H,4-7H2,(H,21,22)/t11-,12-,13-,14-/m1/s1. The van der Waals surface area contributed by atoms with E-state index < -0.39 is 4.33 Å². The fourth-order valence-electron chi connectivity index (χ4n) is 4.40. The van der Waals surface area contributed by atoms with Crippen LogP contribution >= 0.6 is 34.8 Å². The molecule has 0 radical (unpaired) electrons. The second kappa shape index (κ2) is 5.29. The number of halogens is 3. The molecule has 22 heavy (non-hydrogen) atoms. The average Bonchev–Trinajstić information content (AvgIpc) is 3.23. The number of amides is 1. The monoisotopic (exact) mass is 357 g/mol. The van der Waals surface area contributed by atoms with Gasteiger partial charge in [0.15, 0.2) is 0 Å². The Hall–Kier alpha value is -0.440. The molecule has 0 aromatic heterocycles. The van der Waals surface area contributed by atoms with Crippen molar-refractivity contribution in [3.8, 4) is 0 Å². The first-order valence-corrected chi connectivity index (χ1v) is 9.06. The van der Waals surface area contributed by atoms with Crippen LogP contribution < -0.4 is 5.32 Å². The van der Waals surface area contributed by atoms with Crippen LogP contribution in [-0.2, 0) is 4.79 Å². The van der Waals surface area contributed by atoms with Crippen molar-refractivity contribution < 1.29 is 4.79 Å². The molecule has 0 bridgehead atoms. The number of carbonyl (C=O) groups excluding carboxylic acids is 1. The van der Waals surface area contributed by atoms with Crippen LogP contribution in [-0.4, -0.2) is 10.2 Å². The van der Waals surface area contributed by atoms with Crippen molar-refractivity contribution in [1.82, 2.24) is 0 Å². The summed E-state index contributed by atoms with van der Waals surface area (Å²) in [6.45, 7) is 0. The molecule has 1 amide bonds. The molecule has 1 N–H and O–H groups in total. The highest BCUT2D eigenvalue weighted by Gasteiger charge is 2.65. The van der Waals surface area contributed by atoms with Gasteiger partial charge in [0.25, 0.3) is 0 Å². The fourth-order valence-corrected chi connectivity index (χ4v) is 5.51. The molecule has 0 heterocycles. The van der Waals surface area contributed by atoms with E-state index in [1.165, 1.54) is 0 Å². The first-order chi connectivity index (χ1) is 10.5. The van der Waals surface area contributed by atoms with Crippen LogP contribution in [0.2, 0.25) is 5.02 Å². The highest BCUT2D eigenvalue weighted by atomic mass is 35.5. The highest BCUT2D eigenvalue weighted by molar-refractivity contribution is 6.51. The van der Waals surface area contributed by atoms with Gasteiger partial charge < -0.3 is 5.32 Å². The Morgan fingerprint density at radius 1 is 1.09 bits per heavy atom. The van der Waals surface area contributed by atoms with E-state index in [1.54, 1.807) is 12.1 Å². The number of hydrogen-bond donors (Lipinski definition) is 1. The Labute approximate surface area is 145 Å². The zero-order valence-electron chi connectivity index (χ0n) is 12.1. The molecule has 0 aliphatic heterocycles. The van der Waals surface area contributed by atoms with Crippen LogP contribution in [0.4, 0.5) is 5.69 Å². The van der Waals surface area contributed by atoms with Gasteiger partial charge in [-0.1, -0.05) is 17.7 Å². The molecule has 2 nitrogen and oxygen atoms in total. The molecular formula is C17H18Cl3NO. The van der Waals surface area contributed by atoms with Gasteiger partial charge in [0.2, 0.25) is 5.91 Å². The predicted molar refractivity (Wildman–Crippen MR) is 90.4 cm³/mol. The molecule has 0 spiro atoms. The maximum atomic E-state index is 12.5. The van der Waals surface area contributed by atoms with E-state index in [9.17, 15) is 4.79 Å². The average molecular weight is 359 g/mol. The maximum Gasteiger partial charge on any atom is 0.228 e. The van der Waals surface area contributed by atoms with Crippen molar-refractivity contribution in [3.05, 3.63) is 29.3 Å². The van der Waals surface area contributed by atoms with Crippen LogP contribution in [0.25, 0.3) is 0 Å². The summed E-state index contributed by atoms with van der Waals surface area (Å²) in [5, 5.41) is 3.64. The number of hydrogen-bond acceptors (Lipinski definition) is 1. The van der Waals surface area contributed by atoms with Gasteiger partial charge in [-0.25, -0.2) is 0 Å². The molecule has 5 heteroatoms. The Morgan fingerprint density at radius 2 is 1.73 bits per heavy atom. The minimum atomic E-state index is -0.491. The van der Waals surface area contributed by atoms with Crippen molar-refractivity contribution >= 4 is 46.4 Å². The van der Waals surface area contributed by atoms with Gasteiger partial charge in [-0.3, -0.25) is 4.79 Å². The van der Waals surface area contributed by atoms with E-state index in [-0.39, 0.29) is 11.8 Å². The van der Waals surface area contributed by atoms with Crippen LogP contribution in [0.3, 0.4) is 0 Å². The summed E-state index contributed by atoms with van der Waals surface area (Å²) >= 11 is 18.6. The van der Waals surface area contributed by atoms with E-state index in [2.05, 4.69) is 5.32 Å². The van der Waals surface area contributed by atoms with E-state index >= 15 is 0 Å². The lowest BCUT2D eigenvalue weighted by atomic mass is 10.0. The number of fused-ring (bicyclic) bond motifs is 2. The molecule has 3 aliphatic rings. The Kier molecular flexibility index (Phi) is 3.63. The van der Waals surface area contributed by atoms with Crippen molar-refractivity contribution in [2.75, 3.05) is 5.32 Å². The lowest BCUT2D eigenvalue weighted by Gasteiger charge is -2.05. The number of rotatable bonds is 2. The van der Waals surface area contributed by atoms with Crippen LogP contribution in [0, 0.1) is 29.6 Å². The Bertz CT molecular complexity index is 596. The molecular weight excluding hydrogens is 341 g/mol. The molecule has 4 rings (SSSR count). The molecule has 3 aliphatic carbocycles. The zero-order chi connectivity index (χ0) is 15.5. The van der Waals surface area contributed by atoms with E-state index in [1.807, 2.05) is 12.1 Å². The topological polar surface area (TPSA) is 29.1 Å². The van der Waals surface area contributed by atoms with Crippen molar-refractivity contribution in [3.63, 3.8) is 0 Å². The number of nitrogens with one attached hydrogen (secondary N) is 1. The summed E-state index contributed by atoms with van der Waals surface area (Å²) < 4.78 is -0.491. The lowest BCUT2D eigenvalue weighted by Crippen LogP contribution is -2.15. The molecule has 0 unspecified atom stereocenters. The maximum absolute atomic E-state index is 12.5. The zero-order valence-corrected chi connectivity index (χ0v) is 14.3. The quantitative estimate of drug-likeness (QED) is 0.729. The predicted octanol–water partition coefficient (Wildman–Crippen LogP) is 5.13. The summed E-state index contributed by atoms with van der Waals surface area (Å²) in [4.78, 5) is 12.5. The number of alkyl halides is 2. The number of anilines is 1. The van der Waals surface area contributed by atoms with Gasteiger partial charge in [-0.05, 0) is 67.6 Å². The molecule has 3 fully saturated rings. The fraction of sp³-hybridized carbons (Fsp3) is 0.588. The van der Waals surface area contributed by atoms with Crippen molar-refractivity contribution in [1.29, 1.82) is 0 Å². The van der Waals surface area contributed by atoms with Gasteiger partial charge in [0.1, 0.15) is 4.33 Å². The first-order valence-electron chi connectivity index (χ1n) is 7.92. The minimum Gasteiger partial charge on any atom is -0.326 e. The second-order valence-corrected chi connectivity index (χ2v) is 8.78. The molecule has 4 atom stereocenters. The van der Waals surface area contributed by atoms with Gasteiger partial charge in [-0.15, -0.1) is 23.2 Å². The molecule has 3 saturated carbocycles. The Balaban J connectivity index is 1.38. The van der Waals surface area contributed by atoms with Gasteiger partial charge in [-0.2, -0.15) is 0 Å². The summed E-state index contributed by atoms with van der Waals surface area (Å²) in [6.07, 6.45) is 4.25. The second-order valence-electron chi connectivity index (χ2n) is 6.90. The molecule has 1 aromatic carbocycles. The third-order valence-corrected chi connectivity index (χ3v) is 7.07. The SMILES string of the molecule is O=C(Nc1cccc(Cl)c1)C1[C@@H]2CC[C@@H]3[C@@H](CC[C@@H]12)C3(Cl)Cl. The normalized spacial score (nSPS) is 38.0. The summed E-state index contributed by atoms with van der Waals surface area (Å²) in [6, 6.07) is 7.31. The van der Waals surface area contributed by atoms with E-state index in [0.29, 0.717) is 28.7 Å². The highest BCUT2D eigenvalue weighted by Crippen LogP contribution is 2.67. The Morgan fingerprint density at radius 3 is 2.32 bits per heavy atom. The minimum absolute atomic E-state index is 0.135. The van der Waals surface area contributed by atoms with Crippen LogP contribution in [0.5, 0.6) is 0 Å². The van der Waals surface area contributed by atoms with E-state index in [4.69, 9.17) is 34.8 Å². The molecule has 1 aromatic rings. The summed E-state index contributed by atoms with van der Waals surface area (Å²) in [5.41, 5.74) is 0.778. The third kappa shape index (κ3) is 2.53. The van der Waals surface area contributed by atoms with Crippen molar-refractivity contribution in [2.45, 2.75) is 30.0 Å². The third-order valence-electron chi connectivity index (χ3n) is 5.71. The van der Waals surface area contributed by atoms with Gasteiger partial charge >= 0.3 is 0 Å². The number of carbonyl (C=O) groups is 1. The lowest BCUT2D eigenvalue weighted by molar-refractivity contribution is -0.117. The smallest absolute Gasteiger partial charge is 0.228 e. The molecule has 118 valence electrons. The van der Waals surface area contributed by atoms with Crippen molar-refractivity contribution in [2.24, 2.45) is 29.6 Å². The first kappa shape index (κ1) is 15.1.